The fraction of sp³-hybridized carbons (Fsp3) is 0.882. The average Bonchev–Trinajstić information content (AvgIpc) is 2.33. The maximum Gasteiger partial charge on any atom is -0.0353 e. The summed E-state index contributed by atoms with van der Waals surface area (Å²) in [5, 5.41) is 0. The van der Waals surface area contributed by atoms with E-state index >= 15 is 0 Å². The summed E-state index contributed by atoms with van der Waals surface area (Å²) in [5.74, 6) is 2.64. The lowest BCUT2D eigenvalue weighted by molar-refractivity contribution is 0.246. The van der Waals surface area contributed by atoms with Crippen LogP contribution >= 0.6 is 0 Å². The molecule has 0 aromatic carbocycles. The standard InChI is InChI=1S/C17H34/c1-6-8-10-12-14-16(4)17(5)15(3)13-11-9-7-2/h7,15-17H,2,6,8-14H2,1,3-5H3. The maximum absolute atomic E-state index is 3.80. The van der Waals surface area contributed by atoms with Gasteiger partial charge in [-0.1, -0.05) is 72.3 Å². The van der Waals surface area contributed by atoms with Crippen LogP contribution in [-0.4, -0.2) is 0 Å². The molecule has 0 nitrogen and oxygen atoms in total. The van der Waals surface area contributed by atoms with Crippen LogP contribution in [0.5, 0.6) is 0 Å². The van der Waals surface area contributed by atoms with Crippen molar-refractivity contribution in [1.82, 2.24) is 0 Å². The zero-order chi connectivity index (χ0) is 13.1. The van der Waals surface area contributed by atoms with Gasteiger partial charge in [0.25, 0.3) is 0 Å². The molecule has 0 aliphatic heterocycles. The number of hydrogen-bond acceptors (Lipinski definition) is 0. The molecule has 0 fully saturated rings. The average molecular weight is 238 g/mol. The van der Waals surface area contributed by atoms with Gasteiger partial charge >= 0.3 is 0 Å². The molecule has 0 spiro atoms. The van der Waals surface area contributed by atoms with E-state index in [0.717, 1.165) is 17.8 Å². The summed E-state index contributed by atoms with van der Waals surface area (Å²) in [6, 6.07) is 0. The van der Waals surface area contributed by atoms with E-state index in [2.05, 4.69) is 34.3 Å². The van der Waals surface area contributed by atoms with Crippen LogP contribution < -0.4 is 0 Å². The molecule has 0 heteroatoms. The SMILES string of the molecule is C=CCCCC(C)C(C)C(C)CCCCCC. The van der Waals surface area contributed by atoms with Gasteiger partial charge in [-0.15, -0.1) is 6.58 Å². The monoisotopic (exact) mass is 238 g/mol. The Bertz CT molecular complexity index is 171. The van der Waals surface area contributed by atoms with Gasteiger partial charge in [0.1, 0.15) is 0 Å². The van der Waals surface area contributed by atoms with Gasteiger partial charge in [0, 0.05) is 0 Å². The molecule has 17 heavy (non-hydrogen) atoms. The molecule has 0 N–H and O–H groups in total. The van der Waals surface area contributed by atoms with Crippen molar-refractivity contribution in [3.05, 3.63) is 12.7 Å². The smallest absolute Gasteiger partial charge is 0.0353 e. The number of rotatable bonds is 11. The van der Waals surface area contributed by atoms with Crippen LogP contribution in [0.1, 0.15) is 79.1 Å². The van der Waals surface area contributed by atoms with E-state index in [9.17, 15) is 0 Å². The Morgan fingerprint density at radius 1 is 0.882 bits per heavy atom. The summed E-state index contributed by atoms with van der Waals surface area (Å²) in [5.41, 5.74) is 0. The van der Waals surface area contributed by atoms with Crippen molar-refractivity contribution in [2.75, 3.05) is 0 Å². The summed E-state index contributed by atoms with van der Waals surface area (Å²) >= 11 is 0. The first-order valence-electron chi connectivity index (χ1n) is 7.74. The van der Waals surface area contributed by atoms with E-state index in [1.54, 1.807) is 0 Å². The second-order valence-corrected chi connectivity index (χ2v) is 5.88. The quantitative estimate of drug-likeness (QED) is 0.296. The van der Waals surface area contributed by atoms with Crippen LogP contribution in [0.4, 0.5) is 0 Å². The van der Waals surface area contributed by atoms with E-state index in [1.807, 2.05) is 6.08 Å². The van der Waals surface area contributed by atoms with Gasteiger partial charge in [-0.25, -0.2) is 0 Å². The molecule has 0 amide bonds. The predicted octanol–water partition coefficient (Wildman–Crippen LogP) is 6.22. The number of allylic oxidation sites excluding steroid dienone is 1. The van der Waals surface area contributed by atoms with Gasteiger partial charge in [-0.3, -0.25) is 0 Å². The van der Waals surface area contributed by atoms with E-state index in [4.69, 9.17) is 0 Å². The molecule has 0 bridgehead atoms. The van der Waals surface area contributed by atoms with Crippen molar-refractivity contribution >= 4 is 0 Å². The largest absolute Gasteiger partial charge is 0.103 e. The number of hydrogen-bond donors (Lipinski definition) is 0. The van der Waals surface area contributed by atoms with Crippen molar-refractivity contribution in [1.29, 1.82) is 0 Å². The molecule has 3 atom stereocenters. The lowest BCUT2D eigenvalue weighted by Crippen LogP contribution is -2.16. The van der Waals surface area contributed by atoms with E-state index in [1.165, 1.54) is 51.4 Å². The molecule has 0 aliphatic carbocycles. The Hall–Kier alpha value is -0.260. The minimum Gasteiger partial charge on any atom is -0.103 e. The van der Waals surface area contributed by atoms with Gasteiger partial charge in [0.15, 0.2) is 0 Å². The Labute approximate surface area is 110 Å². The zero-order valence-corrected chi connectivity index (χ0v) is 12.7. The van der Waals surface area contributed by atoms with Crippen molar-refractivity contribution in [2.45, 2.75) is 79.1 Å². The second kappa shape index (κ2) is 10.9. The topological polar surface area (TPSA) is 0 Å². The van der Waals surface area contributed by atoms with Crippen LogP contribution in [0, 0.1) is 17.8 Å². The minimum absolute atomic E-state index is 0.871. The summed E-state index contributed by atoms with van der Waals surface area (Å²) in [6.07, 6.45) is 13.0. The highest BCUT2D eigenvalue weighted by atomic mass is 14.2. The van der Waals surface area contributed by atoms with Crippen molar-refractivity contribution in [3.8, 4) is 0 Å². The van der Waals surface area contributed by atoms with Crippen LogP contribution in [0.2, 0.25) is 0 Å². The molecule has 0 aliphatic rings. The molecule has 102 valence electrons. The van der Waals surface area contributed by atoms with Crippen LogP contribution in [0.15, 0.2) is 12.7 Å². The van der Waals surface area contributed by atoms with E-state index in [0.29, 0.717) is 0 Å². The van der Waals surface area contributed by atoms with Crippen molar-refractivity contribution < 1.29 is 0 Å². The molecule has 3 unspecified atom stereocenters. The van der Waals surface area contributed by atoms with E-state index < -0.39 is 0 Å². The van der Waals surface area contributed by atoms with Gasteiger partial charge < -0.3 is 0 Å². The van der Waals surface area contributed by atoms with Crippen LogP contribution in [-0.2, 0) is 0 Å². The van der Waals surface area contributed by atoms with Gasteiger partial charge in [-0.2, -0.15) is 0 Å². The molecular formula is C17H34. The normalized spacial score (nSPS) is 16.5. The Morgan fingerprint density at radius 3 is 2.00 bits per heavy atom. The van der Waals surface area contributed by atoms with Crippen LogP contribution in [0.3, 0.4) is 0 Å². The Morgan fingerprint density at radius 2 is 1.47 bits per heavy atom. The lowest BCUT2D eigenvalue weighted by atomic mass is 9.80. The summed E-state index contributed by atoms with van der Waals surface area (Å²) in [6.45, 7) is 13.4. The molecule has 0 saturated heterocycles. The third-order valence-electron chi connectivity index (χ3n) is 4.38. The molecule has 0 rings (SSSR count). The third-order valence-corrected chi connectivity index (χ3v) is 4.38. The predicted molar refractivity (Wildman–Crippen MR) is 80.3 cm³/mol. The fourth-order valence-electron chi connectivity index (χ4n) is 2.56. The summed E-state index contributed by atoms with van der Waals surface area (Å²) < 4.78 is 0. The molecule has 0 saturated carbocycles. The van der Waals surface area contributed by atoms with Crippen molar-refractivity contribution in [3.63, 3.8) is 0 Å². The highest BCUT2D eigenvalue weighted by Gasteiger charge is 2.18. The maximum atomic E-state index is 3.80. The second-order valence-electron chi connectivity index (χ2n) is 5.88. The summed E-state index contributed by atoms with van der Waals surface area (Å²) in [7, 11) is 0. The third kappa shape index (κ3) is 8.46. The molecule has 0 aromatic rings. The first-order chi connectivity index (χ1) is 8.13. The number of unbranched alkanes of at least 4 members (excludes halogenated alkanes) is 4. The van der Waals surface area contributed by atoms with Gasteiger partial charge in [-0.05, 0) is 30.6 Å². The highest BCUT2D eigenvalue weighted by molar-refractivity contribution is 4.71. The summed E-state index contributed by atoms with van der Waals surface area (Å²) in [4.78, 5) is 0. The van der Waals surface area contributed by atoms with Crippen molar-refractivity contribution in [2.24, 2.45) is 17.8 Å². The van der Waals surface area contributed by atoms with Crippen LogP contribution in [0.25, 0.3) is 0 Å². The molecule has 0 heterocycles. The minimum atomic E-state index is 0.871. The van der Waals surface area contributed by atoms with E-state index in [-0.39, 0.29) is 0 Å². The first kappa shape index (κ1) is 16.7. The molecule has 0 aromatic heterocycles. The van der Waals surface area contributed by atoms with Gasteiger partial charge in [0.05, 0.1) is 0 Å². The molecular weight excluding hydrogens is 204 g/mol. The zero-order valence-electron chi connectivity index (χ0n) is 12.7. The first-order valence-corrected chi connectivity index (χ1v) is 7.74. The Kier molecular flexibility index (Phi) is 10.7. The Balaban J connectivity index is 3.69. The lowest BCUT2D eigenvalue weighted by Gasteiger charge is -2.26. The fourth-order valence-corrected chi connectivity index (χ4v) is 2.56. The molecule has 0 radical (unpaired) electrons. The van der Waals surface area contributed by atoms with Gasteiger partial charge in [0.2, 0.25) is 0 Å². The highest BCUT2D eigenvalue weighted by Crippen LogP contribution is 2.28.